The van der Waals surface area contributed by atoms with Crippen molar-refractivity contribution in [2.75, 3.05) is 0 Å². The lowest BCUT2D eigenvalue weighted by Gasteiger charge is -2.23. The molecule has 1 atom stereocenters. The largest absolute Gasteiger partial charge is 0.307 e. The standard InChI is InChI=1S/C18H21N5S/c1-2-16-21-17-9-8-14(12-23(17)22-16)19-10-15-11-20-18(24-15)13-6-4-3-5-7-13/h3-7,11,14,19H,2,8-10,12H2,1H3. The average molecular weight is 339 g/mol. The van der Waals surface area contributed by atoms with Gasteiger partial charge in [0.25, 0.3) is 0 Å². The second-order valence-electron chi connectivity index (χ2n) is 6.09. The van der Waals surface area contributed by atoms with Gasteiger partial charge in [-0.2, -0.15) is 5.10 Å². The summed E-state index contributed by atoms with van der Waals surface area (Å²) in [5.41, 5.74) is 1.19. The molecule has 1 aliphatic heterocycles. The first kappa shape index (κ1) is 15.5. The van der Waals surface area contributed by atoms with Crippen molar-refractivity contribution in [1.82, 2.24) is 25.1 Å². The van der Waals surface area contributed by atoms with Crippen molar-refractivity contribution in [3.63, 3.8) is 0 Å². The molecule has 3 aromatic rings. The van der Waals surface area contributed by atoms with Gasteiger partial charge in [0.1, 0.15) is 10.8 Å². The number of benzene rings is 1. The molecule has 0 saturated carbocycles. The van der Waals surface area contributed by atoms with E-state index in [-0.39, 0.29) is 0 Å². The molecule has 1 aromatic carbocycles. The van der Waals surface area contributed by atoms with Crippen LogP contribution in [0, 0.1) is 0 Å². The van der Waals surface area contributed by atoms with Crippen LogP contribution in [0.4, 0.5) is 0 Å². The number of fused-ring (bicyclic) bond motifs is 1. The minimum Gasteiger partial charge on any atom is -0.307 e. The number of aryl methyl sites for hydroxylation is 2. The summed E-state index contributed by atoms with van der Waals surface area (Å²) in [6.45, 7) is 3.87. The quantitative estimate of drug-likeness (QED) is 0.776. The molecule has 0 spiro atoms. The van der Waals surface area contributed by atoms with Crippen LogP contribution in [-0.2, 0) is 25.9 Å². The number of hydrogen-bond acceptors (Lipinski definition) is 5. The Labute approximate surface area is 145 Å². The molecular weight excluding hydrogens is 318 g/mol. The van der Waals surface area contributed by atoms with Gasteiger partial charge >= 0.3 is 0 Å². The highest BCUT2D eigenvalue weighted by Crippen LogP contribution is 2.25. The van der Waals surface area contributed by atoms with Crippen molar-refractivity contribution in [2.24, 2.45) is 0 Å². The van der Waals surface area contributed by atoms with E-state index in [1.54, 1.807) is 11.3 Å². The van der Waals surface area contributed by atoms with E-state index in [0.717, 1.165) is 49.0 Å². The van der Waals surface area contributed by atoms with Crippen molar-refractivity contribution >= 4 is 11.3 Å². The zero-order valence-corrected chi connectivity index (χ0v) is 14.6. The predicted molar refractivity (Wildman–Crippen MR) is 95.9 cm³/mol. The fraction of sp³-hybridized carbons (Fsp3) is 0.389. The summed E-state index contributed by atoms with van der Waals surface area (Å²) in [6, 6.07) is 10.8. The Kier molecular flexibility index (Phi) is 4.40. The summed E-state index contributed by atoms with van der Waals surface area (Å²) in [5.74, 6) is 2.09. The van der Waals surface area contributed by atoms with E-state index in [4.69, 9.17) is 0 Å². The molecule has 0 amide bonds. The van der Waals surface area contributed by atoms with Crippen LogP contribution in [0.2, 0.25) is 0 Å². The molecule has 24 heavy (non-hydrogen) atoms. The zero-order valence-electron chi connectivity index (χ0n) is 13.8. The third-order valence-corrected chi connectivity index (χ3v) is 5.40. The molecular formula is C18H21N5S. The minimum absolute atomic E-state index is 0.450. The highest BCUT2D eigenvalue weighted by atomic mass is 32.1. The van der Waals surface area contributed by atoms with Crippen LogP contribution in [0.1, 0.15) is 29.9 Å². The molecule has 5 nitrogen and oxygen atoms in total. The second kappa shape index (κ2) is 6.83. The Morgan fingerprint density at radius 3 is 3.00 bits per heavy atom. The summed E-state index contributed by atoms with van der Waals surface area (Å²) < 4.78 is 2.07. The van der Waals surface area contributed by atoms with Gasteiger partial charge < -0.3 is 5.32 Å². The predicted octanol–water partition coefficient (Wildman–Crippen LogP) is 3.07. The fourth-order valence-corrected chi connectivity index (χ4v) is 3.89. The van der Waals surface area contributed by atoms with E-state index < -0.39 is 0 Å². The lowest BCUT2D eigenvalue weighted by molar-refractivity contribution is 0.358. The molecule has 124 valence electrons. The first-order valence-electron chi connectivity index (χ1n) is 8.48. The van der Waals surface area contributed by atoms with Gasteiger partial charge in [0.15, 0.2) is 5.82 Å². The van der Waals surface area contributed by atoms with Gasteiger partial charge in [-0.1, -0.05) is 37.3 Å². The highest BCUT2D eigenvalue weighted by molar-refractivity contribution is 7.15. The Morgan fingerprint density at radius 1 is 1.29 bits per heavy atom. The number of nitrogens with one attached hydrogen (secondary N) is 1. The maximum absolute atomic E-state index is 4.58. The van der Waals surface area contributed by atoms with E-state index in [1.165, 1.54) is 10.4 Å². The molecule has 1 N–H and O–H groups in total. The van der Waals surface area contributed by atoms with Crippen molar-refractivity contribution in [2.45, 2.75) is 45.3 Å². The van der Waals surface area contributed by atoms with Crippen LogP contribution >= 0.6 is 11.3 Å². The fourth-order valence-electron chi connectivity index (χ4n) is 3.03. The first-order valence-corrected chi connectivity index (χ1v) is 9.29. The molecule has 0 aliphatic carbocycles. The van der Waals surface area contributed by atoms with Crippen LogP contribution in [0.5, 0.6) is 0 Å². The van der Waals surface area contributed by atoms with Crippen LogP contribution in [0.3, 0.4) is 0 Å². The Morgan fingerprint density at radius 2 is 2.17 bits per heavy atom. The maximum atomic E-state index is 4.58. The number of aromatic nitrogens is 4. The van der Waals surface area contributed by atoms with E-state index in [9.17, 15) is 0 Å². The topological polar surface area (TPSA) is 55.6 Å². The van der Waals surface area contributed by atoms with Gasteiger partial charge in [-0.25, -0.2) is 14.6 Å². The molecule has 0 radical (unpaired) electrons. The molecule has 1 aliphatic rings. The number of thiazole rings is 1. The average Bonchev–Trinajstić information content (AvgIpc) is 3.27. The van der Waals surface area contributed by atoms with E-state index in [2.05, 4.69) is 56.3 Å². The van der Waals surface area contributed by atoms with Crippen molar-refractivity contribution in [3.05, 3.63) is 53.1 Å². The van der Waals surface area contributed by atoms with Crippen LogP contribution < -0.4 is 5.32 Å². The SMILES string of the molecule is CCc1nc2n(n1)CC(NCc1cnc(-c3ccccc3)s1)CC2. The molecule has 4 rings (SSSR count). The lowest BCUT2D eigenvalue weighted by atomic mass is 10.1. The van der Waals surface area contributed by atoms with E-state index in [0.29, 0.717) is 6.04 Å². The van der Waals surface area contributed by atoms with E-state index in [1.807, 2.05) is 12.3 Å². The monoisotopic (exact) mass is 339 g/mol. The van der Waals surface area contributed by atoms with Gasteiger partial charge in [-0.05, 0) is 6.42 Å². The highest BCUT2D eigenvalue weighted by Gasteiger charge is 2.21. The van der Waals surface area contributed by atoms with Crippen molar-refractivity contribution < 1.29 is 0 Å². The lowest BCUT2D eigenvalue weighted by Crippen LogP contribution is -2.37. The van der Waals surface area contributed by atoms with E-state index >= 15 is 0 Å². The first-order chi connectivity index (χ1) is 11.8. The summed E-state index contributed by atoms with van der Waals surface area (Å²) >= 11 is 1.76. The molecule has 6 heteroatoms. The van der Waals surface area contributed by atoms with Crippen molar-refractivity contribution in [3.8, 4) is 10.6 Å². The number of hydrogen-bond donors (Lipinski definition) is 1. The van der Waals surface area contributed by atoms with Crippen LogP contribution in [0.25, 0.3) is 10.6 Å². The molecule has 2 aromatic heterocycles. The summed E-state index contributed by atoms with van der Waals surface area (Å²) in [6.07, 6.45) is 5.01. The maximum Gasteiger partial charge on any atom is 0.150 e. The molecule has 0 bridgehead atoms. The zero-order chi connectivity index (χ0) is 16.4. The Hall–Kier alpha value is -2.05. The Bertz CT molecular complexity index is 808. The minimum atomic E-state index is 0.450. The third-order valence-electron chi connectivity index (χ3n) is 4.36. The number of nitrogens with zero attached hydrogens (tertiary/aromatic N) is 4. The second-order valence-corrected chi connectivity index (χ2v) is 7.21. The van der Waals surface area contributed by atoms with Gasteiger partial charge in [-0.3, -0.25) is 0 Å². The summed E-state index contributed by atoms with van der Waals surface area (Å²) in [4.78, 5) is 10.4. The van der Waals surface area contributed by atoms with Gasteiger partial charge in [0, 0.05) is 42.1 Å². The number of rotatable bonds is 5. The third kappa shape index (κ3) is 3.25. The normalized spacial score (nSPS) is 17.0. The molecule has 3 heterocycles. The molecule has 0 fully saturated rings. The van der Waals surface area contributed by atoms with Gasteiger partial charge in [0.2, 0.25) is 0 Å². The molecule has 0 saturated heterocycles. The van der Waals surface area contributed by atoms with Gasteiger partial charge in [-0.15, -0.1) is 11.3 Å². The van der Waals surface area contributed by atoms with Crippen molar-refractivity contribution in [1.29, 1.82) is 0 Å². The Balaban J connectivity index is 1.37. The van der Waals surface area contributed by atoms with Crippen LogP contribution in [-0.4, -0.2) is 25.8 Å². The smallest absolute Gasteiger partial charge is 0.150 e. The van der Waals surface area contributed by atoms with Gasteiger partial charge in [0.05, 0.1) is 6.54 Å². The summed E-state index contributed by atoms with van der Waals surface area (Å²) in [5, 5.41) is 9.31. The molecule has 1 unspecified atom stereocenters. The summed E-state index contributed by atoms with van der Waals surface area (Å²) in [7, 11) is 0. The van der Waals surface area contributed by atoms with Crippen LogP contribution in [0.15, 0.2) is 36.5 Å².